The van der Waals surface area contributed by atoms with Gasteiger partial charge in [0.05, 0.1) is 20.3 Å². The molecule has 1 saturated heterocycles. The average molecular weight is 415 g/mol. The Morgan fingerprint density at radius 3 is 2.70 bits per heavy atom. The summed E-state index contributed by atoms with van der Waals surface area (Å²) in [6.45, 7) is 7.82. The first-order valence-electron chi connectivity index (χ1n) is 10.7. The second-order valence-electron chi connectivity index (χ2n) is 7.72. The lowest BCUT2D eigenvalue weighted by atomic mass is 10.1. The van der Waals surface area contributed by atoms with E-state index in [4.69, 9.17) is 14.2 Å². The Bertz CT molecular complexity index is 778. The lowest BCUT2D eigenvalue weighted by Gasteiger charge is -2.28. The second kappa shape index (κ2) is 11.9. The van der Waals surface area contributed by atoms with E-state index in [1.807, 2.05) is 18.2 Å². The molecule has 3 rings (SSSR count). The minimum Gasteiger partial charge on any atom is -0.493 e. The summed E-state index contributed by atoms with van der Waals surface area (Å²) in [7, 11) is 1.64. The third-order valence-corrected chi connectivity index (χ3v) is 5.39. The standard InChI is InChI=1S/C24H34N2O4/c1-19-5-3-4-6-21(19)9-10-25-16-20-7-8-23(24(15-20)28-2)30-18-22(27)17-26-11-13-29-14-12-26/h3-8,15,22,25,27H,9-14,16-18H2,1-2H3/t22-/m0/s1. The highest BCUT2D eigenvalue weighted by Crippen LogP contribution is 2.28. The summed E-state index contributed by atoms with van der Waals surface area (Å²) in [5, 5.41) is 13.8. The van der Waals surface area contributed by atoms with E-state index in [1.165, 1.54) is 11.1 Å². The number of ether oxygens (including phenoxy) is 3. The van der Waals surface area contributed by atoms with Gasteiger partial charge in [-0.05, 0) is 48.7 Å². The Morgan fingerprint density at radius 1 is 1.13 bits per heavy atom. The van der Waals surface area contributed by atoms with Crippen LogP contribution < -0.4 is 14.8 Å². The second-order valence-corrected chi connectivity index (χ2v) is 7.72. The van der Waals surface area contributed by atoms with Gasteiger partial charge in [0, 0.05) is 26.2 Å². The number of rotatable bonds is 11. The van der Waals surface area contributed by atoms with Crippen LogP contribution in [0.4, 0.5) is 0 Å². The molecule has 0 aromatic heterocycles. The zero-order valence-corrected chi connectivity index (χ0v) is 18.1. The van der Waals surface area contributed by atoms with E-state index in [-0.39, 0.29) is 6.61 Å². The molecule has 0 amide bonds. The SMILES string of the molecule is COc1cc(CNCCc2ccccc2C)ccc1OC[C@@H](O)CN1CCOCC1. The van der Waals surface area contributed by atoms with E-state index in [9.17, 15) is 5.11 Å². The van der Waals surface area contributed by atoms with Gasteiger partial charge in [-0.1, -0.05) is 30.3 Å². The maximum Gasteiger partial charge on any atom is 0.161 e. The number of aryl methyl sites for hydroxylation is 1. The van der Waals surface area contributed by atoms with Crippen LogP contribution in [-0.4, -0.2) is 69.2 Å². The van der Waals surface area contributed by atoms with Gasteiger partial charge in [0.25, 0.3) is 0 Å². The van der Waals surface area contributed by atoms with Gasteiger partial charge in [-0.15, -0.1) is 0 Å². The molecule has 30 heavy (non-hydrogen) atoms. The van der Waals surface area contributed by atoms with E-state index in [2.05, 4.69) is 41.4 Å². The third-order valence-electron chi connectivity index (χ3n) is 5.39. The summed E-state index contributed by atoms with van der Waals surface area (Å²) >= 11 is 0. The average Bonchev–Trinajstić information content (AvgIpc) is 2.77. The Morgan fingerprint density at radius 2 is 1.93 bits per heavy atom. The van der Waals surface area contributed by atoms with Crippen molar-refractivity contribution in [2.75, 3.05) is 53.1 Å². The van der Waals surface area contributed by atoms with Crippen molar-refractivity contribution >= 4 is 0 Å². The molecule has 2 N–H and O–H groups in total. The number of aliphatic hydroxyl groups excluding tert-OH is 1. The first-order valence-corrected chi connectivity index (χ1v) is 10.7. The van der Waals surface area contributed by atoms with Crippen LogP contribution in [0.25, 0.3) is 0 Å². The van der Waals surface area contributed by atoms with E-state index < -0.39 is 6.10 Å². The Balaban J connectivity index is 1.43. The molecular formula is C24H34N2O4. The van der Waals surface area contributed by atoms with Crippen LogP contribution in [0.1, 0.15) is 16.7 Å². The lowest BCUT2D eigenvalue weighted by Crippen LogP contribution is -2.42. The Kier molecular flexibility index (Phi) is 8.96. The molecule has 1 aliphatic heterocycles. The summed E-state index contributed by atoms with van der Waals surface area (Å²) in [6.07, 6.45) is 0.460. The number of hydrogen-bond acceptors (Lipinski definition) is 6. The number of benzene rings is 2. The summed E-state index contributed by atoms with van der Waals surface area (Å²) in [5.74, 6) is 1.34. The molecule has 0 saturated carbocycles. The van der Waals surface area contributed by atoms with Crippen LogP contribution in [0.5, 0.6) is 11.5 Å². The van der Waals surface area contributed by atoms with Crippen LogP contribution in [0, 0.1) is 6.92 Å². The van der Waals surface area contributed by atoms with Gasteiger partial charge in [0.2, 0.25) is 0 Å². The van der Waals surface area contributed by atoms with Gasteiger partial charge in [-0.3, -0.25) is 4.90 Å². The number of hydrogen-bond donors (Lipinski definition) is 2. The topological polar surface area (TPSA) is 63.2 Å². The fourth-order valence-corrected chi connectivity index (χ4v) is 3.61. The molecule has 2 aromatic carbocycles. The number of nitrogens with one attached hydrogen (secondary N) is 1. The van der Waals surface area contributed by atoms with E-state index in [0.717, 1.165) is 51.4 Å². The van der Waals surface area contributed by atoms with Crippen LogP contribution in [0.3, 0.4) is 0 Å². The van der Waals surface area contributed by atoms with Crippen molar-refractivity contribution in [2.24, 2.45) is 0 Å². The molecule has 2 aromatic rings. The monoisotopic (exact) mass is 414 g/mol. The summed E-state index contributed by atoms with van der Waals surface area (Å²) in [4.78, 5) is 2.19. The van der Waals surface area contributed by atoms with Gasteiger partial charge in [0.1, 0.15) is 12.7 Å². The summed E-state index contributed by atoms with van der Waals surface area (Å²) in [6, 6.07) is 14.4. The fourth-order valence-electron chi connectivity index (χ4n) is 3.61. The highest BCUT2D eigenvalue weighted by Gasteiger charge is 2.16. The zero-order valence-electron chi connectivity index (χ0n) is 18.1. The number of β-amino-alcohol motifs (C(OH)–C–C–N with tert-alkyl or cyclic N) is 1. The smallest absolute Gasteiger partial charge is 0.161 e. The molecule has 6 nitrogen and oxygen atoms in total. The Labute approximate surface area is 179 Å². The maximum absolute atomic E-state index is 10.3. The normalized spacial score (nSPS) is 15.7. The molecule has 1 aliphatic rings. The van der Waals surface area contributed by atoms with E-state index >= 15 is 0 Å². The van der Waals surface area contributed by atoms with Crippen molar-refractivity contribution in [3.63, 3.8) is 0 Å². The van der Waals surface area contributed by atoms with E-state index in [0.29, 0.717) is 18.0 Å². The van der Waals surface area contributed by atoms with Crippen LogP contribution in [0.2, 0.25) is 0 Å². The van der Waals surface area contributed by atoms with Crippen molar-refractivity contribution in [2.45, 2.75) is 26.0 Å². The molecular weight excluding hydrogens is 380 g/mol. The van der Waals surface area contributed by atoms with Crippen molar-refractivity contribution < 1.29 is 19.3 Å². The fraction of sp³-hybridized carbons (Fsp3) is 0.500. The molecule has 0 bridgehead atoms. The number of methoxy groups -OCH3 is 1. The molecule has 0 aliphatic carbocycles. The summed E-state index contributed by atoms with van der Waals surface area (Å²) < 4.78 is 16.7. The highest BCUT2D eigenvalue weighted by molar-refractivity contribution is 5.43. The van der Waals surface area contributed by atoms with Gasteiger partial charge in [-0.2, -0.15) is 0 Å². The number of morpholine rings is 1. The highest BCUT2D eigenvalue weighted by atomic mass is 16.5. The van der Waals surface area contributed by atoms with Gasteiger partial charge in [0.15, 0.2) is 11.5 Å². The van der Waals surface area contributed by atoms with Gasteiger partial charge >= 0.3 is 0 Å². The van der Waals surface area contributed by atoms with Crippen LogP contribution in [-0.2, 0) is 17.7 Å². The molecule has 6 heteroatoms. The zero-order chi connectivity index (χ0) is 21.2. The largest absolute Gasteiger partial charge is 0.493 e. The van der Waals surface area contributed by atoms with Gasteiger partial charge in [-0.25, -0.2) is 0 Å². The molecule has 1 atom stereocenters. The quantitative estimate of drug-likeness (QED) is 0.551. The molecule has 164 valence electrons. The van der Waals surface area contributed by atoms with Crippen molar-refractivity contribution in [3.8, 4) is 11.5 Å². The first-order chi connectivity index (χ1) is 14.7. The predicted octanol–water partition coefficient (Wildman–Crippen LogP) is 2.41. The third kappa shape index (κ3) is 6.99. The maximum atomic E-state index is 10.3. The molecule has 0 unspecified atom stereocenters. The van der Waals surface area contributed by atoms with Crippen LogP contribution >= 0.6 is 0 Å². The first kappa shape index (κ1) is 22.6. The minimum absolute atomic E-state index is 0.238. The molecule has 1 fully saturated rings. The lowest BCUT2D eigenvalue weighted by molar-refractivity contribution is 0.00445. The van der Waals surface area contributed by atoms with Crippen molar-refractivity contribution in [1.29, 1.82) is 0 Å². The summed E-state index contributed by atoms with van der Waals surface area (Å²) in [5.41, 5.74) is 3.85. The van der Waals surface area contributed by atoms with Gasteiger partial charge < -0.3 is 24.6 Å². The van der Waals surface area contributed by atoms with Crippen molar-refractivity contribution in [1.82, 2.24) is 10.2 Å². The van der Waals surface area contributed by atoms with Crippen molar-refractivity contribution in [3.05, 3.63) is 59.2 Å². The molecule has 1 heterocycles. The number of nitrogens with zero attached hydrogens (tertiary/aromatic N) is 1. The Hall–Kier alpha value is -2.12. The van der Waals surface area contributed by atoms with E-state index in [1.54, 1.807) is 7.11 Å². The minimum atomic E-state index is -0.546. The van der Waals surface area contributed by atoms with Crippen LogP contribution in [0.15, 0.2) is 42.5 Å². The molecule has 0 spiro atoms. The number of aliphatic hydroxyl groups is 1. The predicted molar refractivity (Wildman–Crippen MR) is 118 cm³/mol. The molecule has 0 radical (unpaired) electrons.